The molecule has 0 unspecified atom stereocenters. The van der Waals surface area contributed by atoms with Crippen LogP contribution in [0.2, 0.25) is 0 Å². The SMILES string of the molecule is CC(=N)/N=C(\NC(C)C)c1cn2c(n1)-c1ccc(/C(C=N)=C/NC(C)(C)C(N)=O)cc1OCC2. The zero-order valence-corrected chi connectivity index (χ0v) is 20.2. The molecule has 180 valence electrons. The maximum absolute atomic E-state index is 11.6. The highest BCUT2D eigenvalue weighted by Gasteiger charge is 2.24. The van der Waals surface area contributed by atoms with Crippen molar-refractivity contribution in [2.45, 2.75) is 52.7 Å². The molecular weight excluding hydrogens is 432 g/mol. The largest absolute Gasteiger partial charge is 0.491 e. The number of carbonyl (C=O) groups is 1. The van der Waals surface area contributed by atoms with Crippen molar-refractivity contribution in [3.05, 3.63) is 41.9 Å². The molecule has 0 bridgehead atoms. The number of hydrogen-bond donors (Lipinski definition) is 5. The monoisotopic (exact) mass is 464 g/mol. The molecular formula is C24H32N8O2. The van der Waals surface area contributed by atoms with E-state index in [0.29, 0.717) is 36.0 Å². The molecule has 1 aromatic carbocycles. The minimum absolute atomic E-state index is 0.136. The highest BCUT2D eigenvalue weighted by Crippen LogP contribution is 2.34. The summed E-state index contributed by atoms with van der Waals surface area (Å²) in [5.41, 5.74) is 7.28. The van der Waals surface area contributed by atoms with E-state index < -0.39 is 11.4 Å². The molecule has 0 fully saturated rings. The molecule has 2 aromatic rings. The second-order valence-corrected chi connectivity index (χ2v) is 8.93. The fraction of sp³-hybridized carbons (Fsp3) is 0.375. The van der Waals surface area contributed by atoms with E-state index in [2.05, 4.69) is 15.6 Å². The van der Waals surface area contributed by atoms with Gasteiger partial charge in [-0.15, -0.1) is 0 Å². The van der Waals surface area contributed by atoms with Crippen molar-refractivity contribution in [2.75, 3.05) is 6.61 Å². The Morgan fingerprint density at radius 2 is 2.12 bits per heavy atom. The van der Waals surface area contributed by atoms with Crippen molar-refractivity contribution in [3.8, 4) is 17.1 Å². The van der Waals surface area contributed by atoms with E-state index >= 15 is 0 Å². The summed E-state index contributed by atoms with van der Waals surface area (Å²) in [5, 5.41) is 21.9. The van der Waals surface area contributed by atoms with Crippen molar-refractivity contribution in [1.29, 1.82) is 10.8 Å². The number of nitrogens with one attached hydrogen (secondary N) is 4. The minimum atomic E-state index is -0.949. The van der Waals surface area contributed by atoms with Crippen molar-refractivity contribution in [1.82, 2.24) is 20.2 Å². The Labute approximate surface area is 199 Å². The number of hydrogen-bond acceptors (Lipinski definition) is 6. The van der Waals surface area contributed by atoms with Crippen LogP contribution in [0.15, 0.2) is 35.6 Å². The Kier molecular flexibility index (Phi) is 7.19. The summed E-state index contributed by atoms with van der Waals surface area (Å²) in [7, 11) is 0. The molecule has 1 aromatic heterocycles. The maximum atomic E-state index is 11.6. The molecule has 0 atom stereocenters. The topological polar surface area (TPSA) is 154 Å². The van der Waals surface area contributed by atoms with Crippen LogP contribution in [0.4, 0.5) is 0 Å². The van der Waals surface area contributed by atoms with Crippen LogP contribution in [0, 0.1) is 10.8 Å². The highest BCUT2D eigenvalue weighted by molar-refractivity contribution is 6.08. The molecule has 10 nitrogen and oxygen atoms in total. The number of imidazole rings is 1. The second-order valence-electron chi connectivity index (χ2n) is 8.93. The number of ether oxygens (including phenoxy) is 1. The molecule has 10 heteroatoms. The van der Waals surface area contributed by atoms with E-state index in [1.807, 2.05) is 42.8 Å². The zero-order chi connectivity index (χ0) is 25.0. The molecule has 1 aliphatic rings. The number of allylic oxidation sites excluding steroid dienone is 1. The van der Waals surface area contributed by atoms with Gasteiger partial charge in [-0.3, -0.25) is 10.2 Å². The van der Waals surface area contributed by atoms with Crippen molar-refractivity contribution < 1.29 is 9.53 Å². The molecule has 34 heavy (non-hydrogen) atoms. The Morgan fingerprint density at radius 3 is 2.74 bits per heavy atom. The van der Waals surface area contributed by atoms with E-state index in [1.165, 1.54) is 6.21 Å². The van der Waals surface area contributed by atoms with Gasteiger partial charge in [-0.2, -0.15) is 0 Å². The number of amides is 1. The van der Waals surface area contributed by atoms with Gasteiger partial charge in [-0.1, -0.05) is 6.07 Å². The van der Waals surface area contributed by atoms with Crippen LogP contribution >= 0.6 is 0 Å². The number of rotatable bonds is 7. The third-order valence-electron chi connectivity index (χ3n) is 5.23. The molecule has 2 heterocycles. The number of aliphatic imine (C=N–C) groups is 1. The van der Waals surface area contributed by atoms with Crippen molar-refractivity contribution in [2.24, 2.45) is 10.7 Å². The quantitative estimate of drug-likeness (QED) is 0.315. The van der Waals surface area contributed by atoms with Crippen LogP contribution in [0.5, 0.6) is 5.75 Å². The molecule has 0 aliphatic carbocycles. The average molecular weight is 465 g/mol. The van der Waals surface area contributed by atoms with Gasteiger partial charge in [0, 0.05) is 30.2 Å². The molecule has 3 rings (SSSR count). The van der Waals surface area contributed by atoms with E-state index in [1.54, 1.807) is 27.0 Å². The van der Waals surface area contributed by atoms with Crippen LogP contribution in [0.25, 0.3) is 17.0 Å². The van der Waals surface area contributed by atoms with E-state index in [4.69, 9.17) is 26.3 Å². The maximum Gasteiger partial charge on any atom is 0.242 e. The van der Waals surface area contributed by atoms with Gasteiger partial charge in [-0.05, 0) is 52.3 Å². The molecule has 0 spiro atoms. The summed E-state index contributed by atoms with van der Waals surface area (Å²) in [6, 6.07) is 5.78. The van der Waals surface area contributed by atoms with Crippen LogP contribution in [-0.4, -0.2) is 51.5 Å². The van der Waals surface area contributed by atoms with Crippen molar-refractivity contribution >= 4 is 29.4 Å². The predicted molar refractivity (Wildman–Crippen MR) is 135 cm³/mol. The zero-order valence-electron chi connectivity index (χ0n) is 20.2. The molecule has 6 N–H and O–H groups in total. The number of aromatic nitrogens is 2. The van der Waals surface area contributed by atoms with Gasteiger partial charge >= 0.3 is 0 Å². The minimum Gasteiger partial charge on any atom is -0.491 e. The van der Waals surface area contributed by atoms with Crippen LogP contribution < -0.4 is 21.1 Å². The average Bonchev–Trinajstić information content (AvgIpc) is 3.09. The first-order chi connectivity index (χ1) is 16.0. The second kappa shape index (κ2) is 9.90. The number of carbonyl (C=O) groups excluding carboxylic acids is 1. The lowest BCUT2D eigenvalue weighted by atomic mass is 10.0. The highest BCUT2D eigenvalue weighted by atomic mass is 16.5. The van der Waals surface area contributed by atoms with Gasteiger partial charge in [0.25, 0.3) is 0 Å². The van der Waals surface area contributed by atoms with Crippen LogP contribution in [0.1, 0.15) is 45.9 Å². The Morgan fingerprint density at radius 1 is 1.38 bits per heavy atom. The van der Waals surface area contributed by atoms with Gasteiger partial charge in [-0.25, -0.2) is 9.98 Å². The number of amidine groups is 2. The van der Waals surface area contributed by atoms with E-state index in [-0.39, 0.29) is 11.9 Å². The fourth-order valence-electron chi connectivity index (χ4n) is 3.32. The lowest BCUT2D eigenvalue weighted by Crippen LogP contribution is -2.48. The Hall–Kier alpha value is -3.95. The number of nitrogens with two attached hydrogens (primary N) is 1. The number of benzene rings is 1. The summed E-state index contributed by atoms with van der Waals surface area (Å²) in [4.78, 5) is 20.7. The predicted octanol–water partition coefficient (Wildman–Crippen LogP) is 2.53. The first kappa shape index (κ1) is 24.7. The van der Waals surface area contributed by atoms with Gasteiger partial charge in [0.1, 0.15) is 35.2 Å². The first-order valence-electron chi connectivity index (χ1n) is 11.1. The normalized spacial score (nSPS) is 13.9. The molecule has 1 amide bonds. The molecule has 0 saturated heterocycles. The number of fused-ring (bicyclic) bond motifs is 3. The Bertz CT molecular complexity index is 1170. The van der Waals surface area contributed by atoms with Gasteiger partial charge < -0.3 is 31.1 Å². The van der Waals surface area contributed by atoms with Gasteiger partial charge in [0.05, 0.1) is 12.1 Å². The Balaban J connectivity index is 2.00. The third kappa shape index (κ3) is 5.51. The van der Waals surface area contributed by atoms with E-state index in [9.17, 15) is 4.79 Å². The van der Waals surface area contributed by atoms with E-state index in [0.717, 1.165) is 17.0 Å². The molecule has 0 saturated carbocycles. The summed E-state index contributed by atoms with van der Waals surface area (Å²) in [6.45, 7) is 10.0. The van der Waals surface area contributed by atoms with Gasteiger partial charge in [0.2, 0.25) is 5.91 Å². The van der Waals surface area contributed by atoms with Crippen LogP contribution in [0.3, 0.4) is 0 Å². The summed E-state index contributed by atoms with van der Waals surface area (Å²) in [5.74, 6) is 1.64. The first-order valence-corrected chi connectivity index (χ1v) is 11.1. The lowest BCUT2D eigenvalue weighted by Gasteiger charge is -2.21. The van der Waals surface area contributed by atoms with Crippen LogP contribution in [-0.2, 0) is 11.3 Å². The van der Waals surface area contributed by atoms with Gasteiger partial charge in [0.15, 0.2) is 5.84 Å². The third-order valence-corrected chi connectivity index (χ3v) is 5.23. The fourth-order valence-corrected chi connectivity index (χ4v) is 3.32. The smallest absolute Gasteiger partial charge is 0.242 e. The number of primary amides is 1. The summed E-state index contributed by atoms with van der Waals surface area (Å²) < 4.78 is 8.02. The number of nitrogens with zero attached hydrogens (tertiary/aromatic N) is 3. The lowest BCUT2D eigenvalue weighted by molar-refractivity contribution is -0.122. The molecule has 0 radical (unpaired) electrons. The standard InChI is InChI=1S/C24H32N8O2/c1-14(2)29-21(30-15(3)26)19-13-32-8-9-34-20-10-16(6-7-18(20)22(32)31-19)17(11-25)12-28-24(4,5)23(27)33/h6-7,10-14,25,28H,8-9H2,1-5H3,(H2,27,33)(H2,26,29,30)/b17-12+,25-11?. The summed E-state index contributed by atoms with van der Waals surface area (Å²) >= 11 is 0. The molecule has 1 aliphatic heterocycles. The van der Waals surface area contributed by atoms with Crippen molar-refractivity contribution in [3.63, 3.8) is 0 Å². The summed E-state index contributed by atoms with van der Waals surface area (Å²) in [6.07, 6.45) is 4.73.